The number of aromatic nitrogens is 3. The summed E-state index contributed by atoms with van der Waals surface area (Å²) in [7, 11) is 1.75. The number of rotatable bonds is 3. The molecule has 0 saturated carbocycles. The lowest BCUT2D eigenvalue weighted by Crippen LogP contribution is -2.42. The fourth-order valence-corrected chi connectivity index (χ4v) is 4.43. The summed E-state index contributed by atoms with van der Waals surface area (Å²) >= 11 is 6.43. The van der Waals surface area contributed by atoms with Gasteiger partial charge in [-0.3, -0.25) is 9.69 Å². The normalized spacial score (nSPS) is 20.2. The summed E-state index contributed by atoms with van der Waals surface area (Å²) in [6.07, 6.45) is 0. The molecule has 0 N–H and O–H groups in total. The van der Waals surface area contributed by atoms with Crippen LogP contribution in [0, 0.1) is 0 Å². The van der Waals surface area contributed by atoms with Crippen molar-refractivity contribution in [3.63, 3.8) is 0 Å². The summed E-state index contributed by atoms with van der Waals surface area (Å²) in [4.78, 5) is 21.1. The van der Waals surface area contributed by atoms with Crippen molar-refractivity contribution in [1.82, 2.24) is 24.6 Å². The number of hydrogen-bond acceptors (Lipinski definition) is 5. The van der Waals surface area contributed by atoms with Crippen molar-refractivity contribution in [3.8, 4) is 5.69 Å². The lowest BCUT2D eigenvalue weighted by atomic mass is 9.92. The third-order valence-corrected chi connectivity index (χ3v) is 6.09. The third kappa shape index (κ3) is 2.77. The molecule has 3 heterocycles. The van der Waals surface area contributed by atoms with Crippen LogP contribution in [0.5, 0.6) is 0 Å². The van der Waals surface area contributed by atoms with Crippen LogP contribution in [0.15, 0.2) is 48.5 Å². The molecule has 1 unspecified atom stereocenters. The SMILES string of the molecule is CCN(C)C(=O)c1nc2n(n1)-c1ccc(Cl)cc1C1(c3ccccc3)OCCN1C2. The van der Waals surface area contributed by atoms with Crippen LogP contribution in [0.25, 0.3) is 5.69 Å². The van der Waals surface area contributed by atoms with E-state index in [1.807, 2.05) is 43.3 Å². The van der Waals surface area contributed by atoms with Gasteiger partial charge in [0.25, 0.3) is 5.91 Å². The Balaban J connectivity index is 1.74. The first-order valence-corrected chi connectivity index (χ1v) is 10.4. The molecule has 1 atom stereocenters. The third-order valence-electron chi connectivity index (χ3n) is 5.85. The van der Waals surface area contributed by atoms with Gasteiger partial charge in [-0.15, -0.1) is 5.10 Å². The molecule has 3 aromatic rings. The number of nitrogens with zero attached hydrogens (tertiary/aromatic N) is 5. The first-order valence-electron chi connectivity index (χ1n) is 10.0. The molecule has 1 saturated heterocycles. The number of hydrogen-bond donors (Lipinski definition) is 0. The van der Waals surface area contributed by atoms with Crippen molar-refractivity contribution >= 4 is 17.5 Å². The Hall–Kier alpha value is -2.74. The second-order valence-electron chi connectivity index (χ2n) is 7.52. The van der Waals surface area contributed by atoms with E-state index >= 15 is 0 Å². The van der Waals surface area contributed by atoms with Gasteiger partial charge in [0.15, 0.2) is 5.72 Å². The molecule has 0 aliphatic carbocycles. The smallest absolute Gasteiger partial charge is 0.293 e. The Morgan fingerprint density at radius 3 is 2.83 bits per heavy atom. The predicted molar refractivity (Wildman–Crippen MR) is 113 cm³/mol. The average Bonchev–Trinajstić information content (AvgIpc) is 3.36. The van der Waals surface area contributed by atoms with Crippen LogP contribution < -0.4 is 0 Å². The van der Waals surface area contributed by atoms with Gasteiger partial charge >= 0.3 is 0 Å². The van der Waals surface area contributed by atoms with Crippen molar-refractivity contribution in [1.29, 1.82) is 0 Å². The van der Waals surface area contributed by atoms with E-state index < -0.39 is 5.72 Å². The minimum atomic E-state index is -0.783. The van der Waals surface area contributed by atoms with Gasteiger partial charge in [0, 0.05) is 36.3 Å². The van der Waals surface area contributed by atoms with Gasteiger partial charge in [-0.2, -0.15) is 0 Å². The van der Waals surface area contributed by atoms with Gasteiger partial charge in [0.1, 0.15) is 5.82 Å². The fraction of sp³-hybridized carbons (Fsp3) is 0.318. The first kappa shape index (κ1) is 19.2. The molecule has 1 fully saturated rings. The number of amides is 1. The van der Waals surface area contributed by atoms with Crippen molar-refractivity contribution < 1.29 is 9.53 Å². The van der Waals surface area contributed by atoms with E-state index in [-0.39, 0.29) is 11.7 Å². The van der Waals surface area contributed by atoms with Crippen molar-refractivity contribution in [2.75, 3.05) is 26.7 Å². The summed E-state index contributed by atoms with van der Waals surface area (Å²) in [6.45, 7) is 4.32. The standard InChI is InChI=1S/C22H22ClN5O2/c1-3-26(2)21(29)20-24-19-14-27-11-12-30-22(27,15-7-5-4-6-8-15)17-13-16(23)9-10-18(17)28(19)25-20/h4-10,13H,3,11-12,14H2,1-2H3. The quantitative estimate of drug-likeness (QED) is 0.647. The largest absolute Gasteiger partial charge is 0.350 e. The van der Waals surface area contributed by atoms with Gasteiger partial charge < -0.3 is 9.64 Å². The highest BCUT2D eigenvalue weighted by Gasteiger charge is 2.49. The molecule has 2 aliphatic rings. The van der Waals surface area contributed by atoms with Gasteiger partial charge in [-0.1, -0.05) is 41.9 Å². The number of fused-ring (bicyclic) bond motifs is 5. The molecule has 30 heavy (non-hydrogen) atoms. The minimum absolute atomic E-state index is 0.194. The molecule has 0 bridgehead atoms. The summed E-state index contributed by atoms with van der Waals surface area (Å²) in [5.74, 6) is 0.706. The lowest BCUT2D eigenvalue weighted by molar-refractivity contribution is -0.0551. The van der Waals surface area contributed by atoms with E-state index in [0.717, 1.165) is 23.4 Å². The van der Waals surface area contributed by atoms with E-state index in [9.17, 15) is 4.79 Å². The van der Waals surface area contributed by atoms with Gasteiger partial charge in [-0.05, 0) is 25.1 Å². The van der Waals surface area contributed by atoms with E-state index in [4.69, 9.17) is 16.3 Å². The first-order chi connectivity index (χ1) is 14.5. The Bertz CT molecular complexity index is 1120. The van der Waals surface area contributed by atoms with Crippen molar-refractivity contribution in [2.24, 2.45) is 0 Å². The van der Waals surface area contributed by atoms with Crippen molar-refractivity contribution in [3.05, 3.63) is 76.3 Å². The average molecular weight is 424 g/mol. The zero-order valence-electron chi connectivity index (χ0n) is 16.9. The molecule has 5 rings (SSSR count). The number of carbonyl (C=O) groups is 1. The zero-order chi connectivity index (χ0) is 20.9. The molecule has 1 amide bonds. The zero-order valence-corrected chi connectivity index (χ0v) is 17.6. The van der Waals surface area contributed by atoms with Crippen LogP contribution >= 0.6 is 11.6 Å². The number of halogens is 1. The monoisotopic (exact) mass is 423 g/mol. The van der Waals surface area contributed by atoms with E-state index in [1.54, 1.807) is 16.6 Å². The Kier molecular flexibility index (Phi) is 4.61. The van der Waals surface area contributed by atoms with Crippen LogP contribution in [0.4, 0.5) is 0 Å². The van der Waals surface area contributed by atoms with Gasteiger partial charge in [0.2, 0.25) is 5.82 Å². The molecule has 1 aromatic heterocycles. The Morgan fingerprint density at radius 1 is 1.27 bits per heavy atom. The lowest BCUT2D eigenvalue weighted by Gasteiger charge is -2.37. The molecule has 7 nitrogen and oxygen atoms in total. The maximum Gasteiger partial charge on any atom is 0.293 e. The minimum Gasteiger partial charge on any atom is -0.350 e. The molecule has 0 spiro atoms. The van der Waals surface area contributed by atoms with Gasteiger partial charge in [-0.25, -0.2) is 9.67 Å². The van der Waals surface area contributed by atoms with E-state index in [1.165, 1.54) is 0 Å². The van der Waals surface area contributed by atoms with Crippen LogP contribution in [0.2, 0.25) is 5.02 Å². The second kappa shape index (κ2) is 7.19. The highest BCUT2D eigenvalue weighted by Crippen LogP contribution is 2.46. The second-order valence-corrected chi connectivity index (χ2v) is 7.96. The Morgan fingerprint density at radius 2 is 2.07 bits per heavy atom. The molecular formula is C22H22ClN5O2. The summed E-state index contributed by atoms with van der Waals surface area (Å²) in [5.41, 5.74) is 1.95. The maximum absolute atomic E-state index is 12.7. The topological polar surface area (TPSA) is 63.5 Å². The van der Waals surface area contributed by atoms with Crippen molar-refractivity contribution in [2.45, 2.75) is 19.2 Å². The molecule has 2 aromatic carbocycles. The van der Waals surface area contributed by atoms with E-state index in [2.05, 4.69) is 27.1 Å². The van der Waals surface area contributed by atoms with E-state index in [0.29, 0.717) is 30.5 Å². The molecule has 154 valence electrons. The molecule has 2 aliphatic heterocycles. The maximum atomic E-state index is 12.7. The van der Waals surface area contributed by atoms with Crippen LogP contribution in [-0.4, -0.2) is 57.2 Å². The van der Waals surface area contributed by atoms with Crippen LogP contribution in [0.1, 0.15) is 34.5 Å². The highest BCUT2D eigenvalue weighted by atomic mass is 35.5. The number of ether oxygens (including phenoxy) is 1. The molecular weight excluding hydrogens is 402 g/mol. The number of benzene rings is 2. The van der Waals surface area contributed by atoms with Crippen LogP contribution in [-0.2, 0) is 17.0 Å². The predicted octanol–water partition coefficient (Wildman–Crippen LogP) is 3.06. The van der Waals surface area contributed by atoms with Crippen LogP contribution in [0.3, 0.4) is 0 Å². The Labute approximate surface area is 179 Å². The summed E-state index contributed by atoms with van der Waals surface area (Å²) < 4.78 is 8.21. The summed E-state index contributed by atoms with van der Waals surface area (Å²) in [6, 6.07) is 15.8. The number of carbonyl (C=O) groups excluding carboxylic acids is 1. The van der Waals surface area contributed by atoms with Gasteiger partial charge in [0.05, 0.1) is 18.8 Å². The fourth-order valence-electron chi connectivity index (χ4n) is 4.26. The molecule has 8 heteroatoms. The molecule has 0 radical (unpaired) electrons. The highest BCUT2D eigenvalue weighted by molar-refractivity contribution is 6.30. The summed E-state index contributed by atoms with van der Waals surface area (Å²) in [5, 5.41) is 5.21.